The van der Waals surface area contributed by atoms with E-state index in [2.05, 4.69) is 22.1 Å². The molecular weight excluding hydrogens is 162 g/mol. The third-order valence-electron chi connectivity index (χ3n) is 3.43. The summed E-state index contributed by atoms with van der Waals surface area (Å²) < 4.78 is 0. The maximum atomic E-state index is 4.37. The van der Waals surface area contributed by atoms with Crippen molar-refractivity contribution in [1.29, 1.82) is 0 Å². The summed E-state index contributed by atoms with van der Waals surface area (Å²) in [7, 11) is 0. The lowest BCUT2D eigenvalue weighted by molar-refractivity contribution is 0.424. The number of rotatable bonds is 0. The molecule has 0 aromatic carbocycles. The van der Waals surface area contributed by atoms with Gasteiger partial charge < -0.3 is 5.43 Å². The van der Waals surface area contributed by atoms with Crippen molar-refractivity contribution in [2.45, 2.75) is 19.3 Å². The molecule has 3 rings (SSSR count). The zero-order valence-corrected chi connectivity index (χ0v) is 7.71. The number of hydrogen-bond donors (Lipinski definition) is 2. The van der Waals surface area contributed by atoms with Crippen LogP contribution in [0.1, 0.15) is 19.3 Å². The van der Waals surface area contributed by atoms with Crippen LogP contribution in [0.4, 0.5) is 0 Å². The minimum Gasteiger partial charge on any atom is -0.325 e. The van der Waals surface area contributed by atoms with Crippen LogP contribution < -0.4 is 10.9 Å². The van der Waals surface area contributed by atoms with Gasteiger partial charge in [-0.2, -0.15) is 0 Å². The highest BCUT2D eigenvalue weighted by Crippen LogP contribution is 2.36. The van der Waals surface area contributed by atoms with E-state index in [1.807, 2.05) is 0 Å². The maximum Gasteiger partial charge on any atom is 0.0395 e. The Balaban J connectivity index is 2.03. The Morgan fingerprint density at radius 1 is 1.23 bits per heavy atom. The molecule has 0 aromatic rings. The van der Waals surface area contributed by atoms with Gasteiger partial charge in [-0.15, -0.1) is 0 Å². The van der Waals surface area contributed by atoms with Crippen molar-refractivity contribution in [1.82, 2.24) is 10.9 Å². The second-order valence-corrected chi connectivity index (χ2v) is 4.17. The summed E-state index contributed by atoms with van der Waals surface area (Å²) in [6.07, 6.45) is 6.05. The second kappa shape index (κ2) is 2.84. The SMILES string of the molecule is C1=NCCC2CCC3CNNC3=C12. The Morgan fingerprint density at radius 2 is 2.15 bits per heavy atom. The fourth-order valence-corrected chi connectivity index (χ4v) is 2.67. The van der Waals surface area contributed by atoms with Gasteiger partial charge in [0, 0.05) is 30.9 Å². The molecule has 1 aliphatic carbocycles. The van der Waals surface area contributed by atoms with Crippen molar-refractivity contribution in [3.8, 4) is 0 Å². The van der Waals surface area contributed by atoms with Crippen LogP contribution in [0.15, 0.2) is 16.3 Å². The molecular formula is C10H15N3. The molecule has 1 saturated heterocycles. The van der Waals surface area contributed by atoms with E-state index < -0.39 is 0 Å². The first-order valence-electron chi connectivity index (χ1n) is 5.18. The number of nitrogens with zero attached hydrogens (tertiary/aromatic N) is 1. The molecule has 2 unspecified atom stereocenters. The zero-order valence-electron chi connectivity index (χ0n) is 7.71. The number of aliphatic imine (C=N–C) groups is 1. The highest BCUT2D eigenvalue weighted by Gasteiger charge is 2.32. The average molecular weight is 177 g/mol. The molecule has 70 valence electrons. The van der Waals surface area contributed by atoms with Gasteiger partial charge in [-0.25, -0.2) is 5.43 Å². The summed E-state index contributed by atoms with van der Waals surface area (Å²) in [6.45, 7) is 2.12. The Morgan fingerprint density at radius 3 is 3.15 bits per heavy atom. The minimum atomic E-state index is 0.732. The number of hydrazine groups is 1. The Labute approximate surface area is 78.3 Å². The molecule has 2 N–H and O–H groups in total. The van der Waals surface area contributed by atoms with E-state index in [9.17, 15) is 0 Å². The van der Waals surface area contributed by atoms with Gasteiger partial charge in [0.25, 0.3) is 0 Å². The van der Waals surface area contributed by atoms with Gasteiger partial charge in [0.2, 0.25) is 0 Å². The van der Waals surface area contributed by atoms with Crippen LogP contribution in [0.3, 0.4) is 0 Å². The van der Waals surface area contributed by atoms with E-state index in [4.69, 9.17) is 0 Å². The first kappa shape index (κ1) is 7.56. The third kappa shape index (κ3) is 1.10. The van der Waals surface area contributed by atoms with E-state index >= 15 is 0 Å². The van der Waals surface area contributed by atoms with Crippen LogP contribution in [0, 0.1) is 11.8 Å². The molecule has 3 heteroatoms. The van der Waals surface area contributed by atoms with Gasteiger partial charge in [0.15, 0.2) is 0 Å². The van der Waals surface area contributed by atoms with Crippen molar-refractivity contribution in [2.24, 2.45) is 16.8 Å². The van der Waals surface area contributed by atoms with Crippen molar-refractivity contribution < 1.29 is 0 Å². The molecule has 0 saturated carbocycles. The molecule has 2 atom stereocenters. The molecule has 13 heavy (non-hydrogen) atoms. The molecule has 2 aliphatic heterocycles. The van der Waals surface area contributed by atoms with Crippen LogP contribution in [0.2, 0.25) is 0 Å². The van der Waals surface area contributed by atoms with E-state index in [-0.39, 0.29) is 0 Å². The van der Waals surface area contributed by atoms with E-state index in [0.29, 0.717) is 0 Å². The van der Waals surface area contributed by atoms with Crippen LogP contribution in [0.5, 0.6) is 0 Å². The highest BCUT2D eigenvalue weighted by molar-refractivity contribution is 5.81. The van der Waals surface area contributed by atoms with Gasteiger partial charge >= 0.3 is 0 Å². The Kier molecular flexibility index (Phi) is 1.65. The molecule has 0 aromatic heterocycles. The predicted octanol–water partition coefficient (Wildman–Crippen LogP) is 0.849. The quantitative estimate of drug-likeness (QED) is 0.575. The number of allylic oxidation sites excluding steroid dienone is 1. The van der Waals surface area contributed by atoms with Crippen LogP contribution in [-0.2, 0) is 0 Å². The largest absolute Gasteiger partial charge is 0.325 e. The van der Waals surface area contributed by atoms with Crippen molar-refractivity contribution in [3.63, 3.8) is 0 Å². The lowest BCUT2D eigenvalue weighted by Gasteiger charge is -2.29. The summed E-state index contributed by atoms with van der Waals surface area (Å²) in [5.74, 6) is 1.52. The van der Waals surface area contributed by atoms with Gasteiger partial charge in [-0.3, -0.25) is 4.99 Å². The van der Waals surface area contributed by atoms with Crippen molar-refractivity contribution >= 4 is 6.21 Å². The average Bonchev–Trinajstić information content (AvgIpc) is 2.65. The lowest BCUT2D eigenvalue weighted by Crippen LogP contribution is -2.26. The fraction of sp³-hybridized carbons (Fsp3) is 0.700. The van der Waals surface area contributed by atoms with Crippen LogP contribution in [-0.4, -0.2) is 19.3 Å². The minimum absolute atomic E-state index is 0.732. The molecule has 3 aliphatic rings. The molecule has 0 spiro atoms. The normalized spacial score (nSPS) is 36.9. The second-order valence-electron chi connectivity index (χ2n) is 4.17. The van der Waals surface area contributed by atoms with Gasteiger partial charge in [-0.05, 0) is 30.8 Å². The smallest absolute Gasteiger partial charge is 0.0395 e. The maximum absolute atomic E-state index is 4.37. The summed E-state index contributed by atoms with van der Waals surface area (Å²) in [5.41, 5.74) is 9.43. The van der Waals surface area contributed by atoms with Crippen molar-refractivity contribution in [2.75, 3.05) is 13.1 Å². The molecule has 1 fully saturated rings. The fourth-order valence-electron chi connectivity index (χ4n) is 2.67. The molecule has 0 amide bonds. The van der Waals surface area contributed by atoms with E-state index in [1.165, 1.54) is 30.5 Å². The van der Waals surface area contributed by atoms with Gasteiger partial charge in [0.1, 0.15) is 0 Å². The number of fused-ring (bicyclic) bond motifs is 2. The molecule has 2 heterocycles. The van der Waals surface area contributed by atoms with Gasteiger partial charge in [-0.1, -0.05) is 0 Å². The van der Waals surface area contributed by atoms with Gasteiger partial charge in [0.05, 0.1) is 0 Å². The summed E-state index contributed by atoms with van der Waals surface area (Å²) in [4.78, 5) is 4.37. The monoisotopic (exact) mass is 177 g/mol. The first-order valence-corrected chi connectivity index (χ1v) is 5.18. The number of nitrogens with one attached hydrogen (secondary N) is 2. The summed E-state index contributed by atoms with van der Waals surface area (Å²) in [5, 5.41) is 0. The Bertz CT molecular complexity index is 280. The predicted molar refractivity (Wildman–Crippen MR) is 52.4 cm³/mol. The number of hydrogen-bond acceptors (Lipinski definition) is 3. The molecule has 3 nitrogen and oxygen atoms in total. The third-order valence-corrected chi connectivity index (χ3v) is 3.43. The molecule has 0 bridgehead atoms. The standard InChI is InChI=1S/C10H15N3/c1-2-8-5-12-13-10(8)9-6-11-4-3-7(1)9/h6-8,12-13H,1-5H2. The topological polar surface area (TPSA) is 36.4 Å². The summed E-state index contributed by atoms with van der Waals surface area (Å²) in [6, 6.07) is 0. The van der Waals surface area contributed by atoms with Crippen molar-refractivity contribution in [3.05, 3.63) is 11.3 Å². The van der Waals surface area contributed by atoms with E-state index in [0.717, 1.165) is 24.9 Å². The van der Waals surface area contributed by atoms with Crippen LogP contribution >= 0.6 is 0 Å². The van der Waals surface area contributed by atoms with Crippen LogP contribution in [0.25, 0.3) is 0 Å². The lowest BCUT2D eigenvalue weighted by atomic mass is 9.78. The first-order chi connectivity index (χ1) is 6.45. The molecule has 0 radical (unpaired) electrons. The van der Waals surface area contributed by atoms with E-state index in [1.54, 1.807) is 0 Å². The zero-order chi connectivity index (χ0) is 8.67. The summed E-state index contributed by atoms with van der Waals surface area (Å²) >= 11 is 0. The Hall–Kier alpha value is -0.830. The highest BCUT2D eigenvalue weighted by atomic mass is 15.4.